The van der Waals surface area contributed by atoms with E-state index in [9.17, 15) is 4.79 Å². The average Bonchev–Trinajstić information content (AvgIpc) is 2.17. The molecule has 0 aromatic rings. The molecule has 0 aromatic heterocycles. The lowest BCUT2D eigenvalue weighted by Gasteiger charge is -2.29. The number of carbonyl (C=O) groups excluding carboxylic acids is 1. The molecule has 0 unspecified atom stereocenters. The van der Waals surface area contributed by atoms with Gasteiger partial charge in [-0.15, -0.1) is 0 Å². The molecule has 0 saturated carbocycles. The highest BCUT2D eigenvalue weighted by molar-refractivity contribution is 5.88. The summed E-state index contributed by atoms with van der Waals surface area (Å²) in [6.45, 7) is 8.39. The Hall–Kier alpha value is -0.830. The molecule has 0 aliphatic heterocycles. The van der Waals surface area contributed by atoms with E-state index in [-0.39, 0.29) is 18.6 Å². The van der Waals surface area contributed by atoms with Gasteiger partial charge in [0.1, 0.15) is 0 Å². The lowest BCUT2D eigenvalue weighted by Crippen LogP contribution is -2.40. The maximum Gasteiger partial charge on any atom is 0.246 e. The Morgan fingerprint density at radius 3 is 2.20 bits per heavy atom. The summed E-state index contributed by atoms with van der Waals surface area (Å²) in [5, 5.41) is 8.95. The Bertz CT molecular complexity index is 216. The molecule has 0 spiro atoms. The van der Waals surface area contributed by atoms with Gasteiger partial charge in [-0.3, -0.25) is 4.79 Å². The summed E-state index contributed by atoms with van der Waals surface area (Å²) in [7, 11) is 0. The molecule has 0 aromatic carbocycles. The Labute approximate surface area is 92.8 Å². The largest absolute Gasteiger partial charge is 0.395 e. The first kappa shape index (κ1) is 14.2. The van der Waals surface area contributed by atoms with Crippen LogP contribution in [0.2, 0.25) is 0 Å². The van der Waals surface area contributed by atoms with E-state index in [2.05, 4.69) is 13.8 Å². The normalized spacial score (nSPS) is 10.3. The van der Waals surface area contributed by atoms with E-state index in [0.717, 1.165) is 18.4 Å². The minimum Gasteiger partial charge on any atom is -0.395 e. The van der Waals surface area contributed by atoms with Gasteiger partial charge >= 0.3 is 0 Å². The molecule has 0 saturated heterocycles. The van der Waals surface area contributed by atoms with E-state index in [1.807, 2.05) is 13.8 Å². The highest BCUT2D eigenvalue weighted by atomic mass is 16.3. The molecule has 15 heavy (non-hydrogen) atoms. The van der Waals surface area contributed by atoms with Gasteiger partial charge in [-0.05, 0) is 26.7 Å². The minimum atomic E-state index is 0.0118. The van der Waals surface area contributed by atoms with Crippen molar-refractivity contribution in [1.82, 2.24) is 4.90 Å². The highest BCUT2D eigenvalue weighted by Crippen LogP contribution is 2.09. The third-order valence-corrected chi connectivity index (χ3v) is 2.42. The molecule has 0 radical (unpaired) electrons. The number of amides is 1. The van der Waals surface area contributed by atoms with Gasteiger partial charge in [0.2, 0.25) is 5.91 Å². The predicted molar refractivity (Wildman–Crippen MR) is 62.6 cm³/mol. The summed E-state index contributed by atoms with van der Waals surface area (Å²) in [5.41, 5.74) is 0.994. The molecule has 1 amide bonds. The van der Waals surface area contributed by atoms with Crippen molar-refractivity contribution in [1.29, 1.82) is 0 Å². The zero-order valence-corrected chi connectivity index (χ0v) is 10.3. The van der Waals surface area contributed by atoms with Crippen LogP contribution in [0, 0.1) is 0 Å². The molecule has 0 fully saturated rings. The summed E-state index contributed by atoms with van der Waals surface area (Å²) in [5.74, 6) is 0.0118. The van der Waals surface area contributed by atoms with E-state index in [4.69, 9.17) is 5.11 Å². The van der Waals surface area contributed by atoms with Crippen LogP contribution in [0.4, 0.5) is 0 Å². The van der Waals surface area contributed by atoms with Crippen LogP contribution in [0.15, 0.2) is 11.6 Å². The summed E-state index contributed by atoms with van der Waals surface area (Å²) in [6.07, 6.45) is 3.49. The Balaban J connectivity index is 4.63. The van der Waals surface area contributed by atoms with Crippen LogP contribution in [0.3, 0.4) is 0 Å². The number of aliphatic hydroxyl groups excluding tert-OH is 1. The minimum absolute atomic E-state index is 0.0118. The van der Waals surface area contributed by atoms with Crippen molar-refractivity contribution in [3.63, 3.8) is 0 Å². The molecule has 3 nitrogen and oxygen atoms in total. The second-order valence-corrected chi connectivity index (χ2v) is 3.95. The van der Waals surface area contributed by atoms with Crippen LogP contribution in [-0.4, -0.2) is 35.1 Å². The third kappa shape index (κ3) is 4.98. The lowest BCUT2D eigenvalue weighted by molar-refractivity contribution is -0.129. The van der Waals surface area contributed by atoms with Crippen molar-refractivity contribution in [2.45, 2.75) is 46.6 Å². The molecule has 1 N–H and O–H groups in total. The van der Waals surface area contributed by atoms with E-state index in [0.29, 0.717) is 6.54 Å². The van der Waals surface area contributed by atoms with Crippen molar-refractivity contribution in [3.8, 4) is 0 Å². The number of rotatable bonds is 6. The summed E-state index contributed by atoms with van der Waals surface area (Å²) in [4.78, 5) is 13.6. The second kappa shape index (κ2) is 7.46. The maximum atomic E-state index is 11.8. The molecule has 0 rings (SSSR count). The van der Waals surface area contributed by atoms with E-state index >= 15 is 0 Å². The molecular formula is C12H23NO2. The number of allylic oxidation sites excluding steroid dienone is 1. The van der Waals surface area contributed by atoms with Gasteiger partial charge in [0.25, 0.3) is 0 Å². The first-order chi connectivity index (χ1) is 7.06. The van der Waals surface area contributed by atoms with Crippen LogP contribution in [0.25, 0.3) is 0 Å². The zero-order chi connectivity index (χ0) is 11.8. The van der Waals surface area contributed by atoms with Crippen LogP contribution in [0.1, 0.15) is 40.5 Å². The Morgan fingerprint density at radius 2 is 1.87 bits per heavy atom. The van der Waals surface area contributed by atoms with Crippen molar-refractivity contribution in [2.24, 2.45) is 0 Å². The first-order valence-electron chi connectivity index (χ1n) is 5.63. The number of hydrogen-bond donors (Lipinski definition) is 1. The fourth-order valence-corrected chi connectivity index (χ4v) is 1.64. The van der Waals surface area contributed by atoms with Crippen LogP contribution < -0.4 is 0 Å². The van der Waals surface area contributed by atoms with Gasteiger partial charge < -0.3 is 10.0 Å². The van der Waals surface area contributed by atoms with Crippen molar-refractivity contribution < 1.29 is 9.90 Å². The van der Waals surface area contributed by atoms with Crippen LogP contribution in [-0.2, 0) is 4.79 Å². The highest BCUT2D eigenvalue weighted by Gasteiger charge is 2.18. The number of hydrogen-bond acceptors (Lipinski definition) is 2. The lowest BCUT2D eigenvalue weighted by atomic mass is 10.1. The summed E-state index contributed by atoms with van der Waals surface area (Å²) < 4.78 is 0. The molecule has 0 heterocycles. The average molecular weight is 213 g/mol. The molecule has 0 bridgehead atoms. The van der Waals surface area contributed by atoms with Gasteiger partial charge in [-0.1, -0.05) is 19.4 Å². The molecule has 0 aliphatic rings. The second-order valence-electron chi connectivity index (χ2n) is 3.95. The molecule has 88 valence electrons. The standard InChI is InChI=1S/C12H23NO2/c1-5-11(6-2)13(7-8-14)12(15)9-10(3)4/h9,11,14H,5-8H2,1-4H3. The Kier molecular flexibility index (Phi) is 7.05. The van der Waals surface area contributed by atoms with E-state index < -0.39 is 0 Å². The topological polar surface area (TPSA) is 40.5 Å². The number of nitrogens with zero attached hydrogens (tertiary/aromatic N) is 1. The zero-order valence-electron chi connectivity index (χ0n) is 10.3. The van der Waals surface area contributed by atoms with Gasteiger partial charge in [-0.25, -0.2) is 0 Å². The monoisotopic (exact) mass is 213 g/mol. The smallest absolute Gasteiger partial charge is 0.246 e. The van der Waals surface area contributed by atoms with Gasteiger partial charge in [0, 0.05) is 18.7 Å². The molecule has 0 atom stereocenters. The van der Waals surface area contributed by atoms with Crippen LogP contribution in [0.5, 0.6) is 0 Å². The first-order valence-corrected chi connectivity index (χ1v) is 5.63. The molecule has 3 heteroatoms. The SMILES string of the molecule is CCC(CC)N(CCO)C(=O)C=C(C)C. The number of aliphatic hydroxyl groups is 1. The maximum absolute atomic E-state index is 11.8. The predicted octanol–water partition coefficient (Wildman–Crippen LogP) is 1.96. The third-order valence-electron chi connectivity index (χ3n) is 2.42. The summed E-state index contributed by atoms with van der Waals surface area (Å²) >= 11 is 0. The Morgan fingerprint density at radius 1 is 1.33 bits per heavy atom. The quantitative estimate of drug-likeness (QED) is 0.685. The van der Waals surface area contributed by atoms with Gasteiger partial charge in [0.05, 0.1) is 6.61 Å². The fraction of sp³-hybridized carbons (Fsp3) is 0.750. The fourth-order valence-electron chi connectivity index (χ4n) is 1.64. The van der Waals surface area contributed by atoms with Crippen LogP contribution >= 0.6 is 0 Å². The molecular weight excluding hydrogens is 190 g/mol. The summed E-state index contributed by atoms with van der Waals surface area (Å²) in [6, 6.07) is 0.236. The number of carbonyl (C=O) groups is 1. The van der Waals surface area contributed by atoms with E-state index in [1.165, 1.54) is 0 Å². The van der Waals surface area contributed by atoms with E-state index in [1.54, 1.807) is 11.0 Å². The van der Waals surface area contributed by atoms with Gasteiger partial charge in [-0.2, -0.15) is 0 Å². The molecule has 0 aliphatic carbocycles. The van der Waals surface area contributed by atoms with Gasteiger partial charge in [0.15, 0.2) is 0 Å². The van der Waals surface area contributed by atoms with Crippen molar-refractivity contribution >= 4 is 5.91 Å². The van der Waals surface area contributed by atoms with Crippen molar-refractivity contribution in [2.75, 3.05) is 13.2 Å². The van der Waals surface area contributed by atoms with Crippen molar-refractivity contribution in [3.05, 3.63) is 11.6 Å².